The first-order valence-corrected chi connectivity index (χ1v) is 22.5. The summed E-state index contributed by atoms with van der Waals surface area (Å²) in [6, 6.07) is 2.80. The minimum Gasteiger partial charge on any atom is -0.394 e. The average Bonchev–Trinajstić information content (AvgIpc) is 3.95. The largest absolute Gasteiger partial charge is 0.394 e. The molecule has 2 aromatic rings. The number of aliphatic hydroxyl groups is 2. The highest BCUT2D eigenvalue weighted by molar-refractivity contribution is 7.80. The molecule has 0 bridgehead atoms. The standard InChI is InChI=1S/C43H68N10O10S/c1-26(2)18-32(40(59)49-33(19-29-21-46-25-48-29)41(60)51-34(23-54)42(61)52-37(27(3)55)38(45)57)50-43(62)35-20-30(63-17-11-9-14-28-12-6-4-7-13-28)22-53(35)36(56)15-8-5-10-16-47-39(58)31(44)24-64/h4,6-7,12-13,21,25-27,30-35,37,54-55,64H,5,8-11,14-20,22-24,44H2,1-3H3,(H2,45,57)(H,46,48)(H,47,58)(H,49,59)(H,50,62)(H,51,60)(H,52,61)/t27-,30-,31?,32+,33+,34+,35+,37+/m1/s1. The van der Waals surface area contributed by atoms with Crippen LogP contribution in [-0.2, 0) is 51.1 Å². The summed E-state index contributed by atoms with van der Waals surface area (Å²) in [4.78, 5) is 101. The lowest BCUT2D eigenvalue weighted by Gasteiger charge is -2.28. The predicted octanol–water partition coefficient (Wildman–Crippen LogP) is -1.26. The van der Waals surface area contributed by atoms with Gasteiger partial charge in [-0.05, 0) is 56.9 Å². The van der Waals surface area contributed by atoms with Gasteiger partial charge in [-0.1, -0.05) is 50.6 Å². The Kier molecular flexibility index (Phi) is 23.3. The molecule has 64 heavy (non-hydrogen) atoms. The molecule has 3 rings (SSSR count). The Morgan fingerprint density at radius 3 is 2.22 bits per heavy atom. The molecule has 1 saturated heterocycles. The number of H-pyrrole nitrogens is 1. The first-order chi connectivity index (χ1) is 30.5. The summed E-state index contributed by atoms with van der Waals surface area (Å²) in [5, 5.41) is 32.7. The van der Waals surface area contributed by atoms with Crippen LogP contribution in [0, 0.1) is 5.92 Å². The van der Waals surface area contributed by atoms with Crippen molar-refractivity contribution < 1.29 is 48.5 Å². The van der Waals surface area contributed by atoms with Crippen molar-refractivity contribution in [2.45, 2.75) is 133 Å². The number of hydrogen-bond acceptors (Lipinski definition) is 13. The van der Waals surface area contributed by atoms with E-state index in [2.05, 4.69) is 61.3 Å². The molecule has 1 fully saturated rings. The van der Waals surface area contributed by atoms with Gasteiger partial charge in [0.05, 0.1) is 31.2 Å². The Labute approximate surface area is 379 Å². The second kappa shape index (κ2) is 28.0. The number of primary amides is 1. The zero-order valence-electron chi connectivity index (χ0n) is 37.0. The molecule has 0 saturated carbocycles. The lowest BCUT2D eigenvalue weighted by atomic mass is 10.0. The van der Waals surface area contributed by atoms with Gasteiger partial charge >= 0.3 is 0 Å². The molecule has 0 aliphatic carbocycles. The molecule has 1 unspecified atom stereocenters. The fraction of sp³-hybridized carbons (Fsp3) is 0.628. The van der Waals surface area contributed by atoms with Gasteiger partial charge in [0, 0.05) is 56.6 Å². The van der Waals surface area contributed by atoms with E-state index in [9.17, 15) is 43.8 Å². The Morgan fingerprint density at radius 2 is 1.59 bits per heavy atom. The van der Waals surface area contributed by atoms with Gasteiger partial charge in [-0.15, -0.1) is 0 Å². The molecule has 8 atom stereocenters. The van der Waals surface area contributed by atoms with E-state index in [1.807, 2.05) is 32.0 Å². The lowest BCUT2D eigenvalue weighted by Crippen LogP contribution is -2.61. The number of rotatable bonds is 29. The Hall–Kier alpha value is -5.09. The number of amides is 7. The number of nitrogens with two attached hydrogens (primary N) is 2. The number of carbonyl (C=O) groups is 7. The number of ether oxygens (including phenoxy) is 1. The van der Waals surface area contributed by atoms with E-state index in [1.54, 1.807) is 0 Å². The van der Waals surface area contributed by atoms with Crippen LogP contribution in [0.25, 0.3) is 0 Å². The van der Waals surface area contributed by atoms with Crippen molar-refractivity contribution in [3.63, 3.8) is 0 Å². The third-order valence-electron chi connectivity index (χ3n) is 10.7. The van der Waals surface area contributed by atoms with Gasteiger partial charge in [-0.2, -0.15) is 12.6 Å². The molecule has 0 spiro atoms. The molecule has 1 aliphatic rings. The molecule has 2 heterocycles. The number of unbranched alkanes of at least 4 members (excludes halogenated alkanes) is 3. The average molecular weight is 917 g/mol. The van der Waals surface area contributed by atoms with Gasteiger partial charge in [0.2, 0.25) is 41.4 Å². The second-order valence-electron chi connectivity index (χ2n) is 16.5. The van der Waals surface area contributed by atoms with Gasteiger partial charge in [-0.3, -0.25) is 33.6 Å². The number of hydrogen-bond donors (Lipinski definition) is 11. The molecule has 21 heteroatoms. The fourth-order valence-corrected chi connectivity index (χ4v) is 7.30. The van der Waals surface area contributed by atoms with E-state index in [0.29, 0.717) is 38.1 Å². The van der Waals surface area contributed by atoms with Crippen molar-refractivity contribution >= 4 is 54.0 Å². The molecule has 1 aliphatic heterocycles. The SMILES string of the molecule is CC(C)C[C@H](NC(=O)[C@@H]1C[C@@H](OCCCCc2ccccc2)CN1C(=O)CCCCCNC(=O)C(N)CS)C(=O)N[C@@H](Cc1cnc[nH]1)C(=O)N[C@@H](CO)C(=O)N[C@H](C(N)=O)[C@@H](C)O. The normalized spacial score (nSPS) is 17.7. The second-order valence-corrected chi connectivity index (χ2v) is 16.9. The Balaban J connectivity index is 1.74. The summed E-state index contributed by atoms with van der Waals surface area (Å²) < 4.78 is 6.22. The van der Waals surface area contributed by atoms with Crippen LogP contribution in [0.15, 0.2) is 42.9 Å². The molecule has 0 radical (unpaired) electrons. The number of aryl methyl sites for hydroxylation is 1. The van der Waals surface area contributed by atoms with Crippen molar-refractivity contribution in [1.29, 1.82) is 0 Å². The van der Waals surface area contributed by atoms with Crippen LogP contribution in [0.3, 0.4) is 0 Å². The first kappa shape index (κ1) is 53.2. The zero-order chi connectivity index (χ0) is 47.2. The Morgan fingerprint density at radius 1 is 0.906 bits per heavy atom. The number of benzene rings is 1. The predicted molar refractivity (Wildman–Crippen MR) is 240 cm³/mol. The molecule has 1 aromatic heterocycles. The third-order valence-corrected chi connectivity index (χ3v) is 11.1. The number of aromatic nitrogens is 2. The highest BCUT2D eigenvalue weighted by atomic mass is 32.1. The van der Waals surface area contributed by atoms with Gasteiger partial charge in [0.25, 0.3) is 0 Å². The fourth-order valence-electron chi connectivity index (χ4n) is 7.13. The van der Waals surface area contributed by atoms with E-state index >= 15 is 0 Å². The highest BCUT2D eigenvalue weighted by Crippen LogP contribution is 2.24. The van der Waals surface area contributed by atoms with Crippen molar-refractivity contribution in [3.05, 3.63) is 54.1 Å². The third kappa shape index (κ3) is 18.2. The first-order valence-electron chi connectivity index (χ1n) is 21.9. The van der Waals surface area contributed by atoms with Crippen molar-refractivity contribution in [1.82, 2.24) is 41.5 Å². The maximum atomic E-state index is 14.2. The van der Waals surface area contributed by atoms with Crippen LogP contribution in [0.2, 0.25) is 0 Å². The highest BCUT2D eigenvalue weighted by Gasteiger charge is 2.41. The molecular weight excluding hydrogens is 849 g/mol. The van der Waals surface area contributed by atoms with Crippen LogP contribution in [0.1, 0.15) is 83.4 Å². The molecule has 12 N–H and O–H groups in total. The van der Waals surface area contributed by atoms with E-state index < -0.39 is 84.6 Å². The van der Waals surface area contributed by atoms with Crippen LogP contribution >= 0.6 is 12.6 Å². The number of imidazole rings is 1. The number of nitrogens with zero attached hydrogens (tertiary/aromatic N) is 2. The molecular formula is C43H68N10O10S. The van der Waals surface area contributed by atoms with Gasteiger partial charge in [0.1, 0.15) is 30.2 Å². The van der Waals surface area contributed by atoms with E-state index in [0.717, 1.165) is 19.3 Å². The van der Waals surface area contributed by atoms with Crippen molar-refractivity contribution in [2.75, 3.05) is 32.1 Å². The van der Waals surface area contributed by atoms with Crippen LogP contribution in [0.4, 0.5) is 0 Å². The van der Waals surface area contributed by atoms with Crippen LogP contribution in [-0.4, -0.2) is 147 Å². The maximum Gasteiger partial charge on any atom is 0.245 e. The summed E-state index contributed by atoms with van der Waals surface area (Å²) in [6.45, 7) is 5.03. The molecule has 20 nitrogen and oxygen atoms in total. The maximum absolute atomic E-state index is 14.2. The quantitative estimate of drug-likeness (QED) is 0.0337. The summed E-state index contributed by atoms with van der Waals surface area (Å²) in [5.41, 5.74) is 12.6. The topological polar surface area (TPSA) is 313 Å². The molecule has 1 aromatic carbocycles. The summed E-state index contributed by atoms with van der Waals surface area (Å²) in [7, 11) is 0. The Bertz CT molecular complexity index is 1790. The van der Waals surface area contributed by atoms with Gasteiger partial charge in [-0.25, -0.2) is 4.98 Å². The number of carbonyl (C=O) groups excluding carboxylic acids is 7. The summed E-state index contributed by atoms with van der Waals surface area (Å²) >= 11 is 4.04. The van der Waals surface area contributed by atoms with E-state index in [-0.39, 0.29) is 55.7 Å². The monoisotopic (exact) mass is 916 g/mol. The zero-order valence-corrected chi connectivity index (χ0v) is 37.9. The van der Waals surface area contributed by atoms with Gasteiger partial charge < -0.3 is 62.9 Å². The van der Waals surface area contributed by atoms with E-state index in [1.165, 1.54) is 29.9 Å². The lowest BCUT2D eigenvalue weighted by molar-refractivity contribution is -0.140. The summed E-state index contributed by atoms with van der Waals surface area (Å²) in [6.07, 6.45) is 5.68. The molecule has 7 amide bonds. The number of aliphatic hydroxyl groups excluding tert-OH is 2. The van der Waals surface area contributed by atoms with Gasteiger partial charge in [0.15, 0.2) is 0 Å². The number of likely N-dealkylation sites (tertiary alicyclic amines) is 1. The van der Waals surface area contributed by atoms with Crippen molar-refractivity contribution in [2.24, 2.45) is 17.4 Å². The smallest absolute Gasteiger partial charge is 0.245 e. The van der Waals surface area contributed by atoms with Crippen LogP contribution < -0.4 is 38.1 Å². The van der Waals surface area contributed by atoms with Crippen LogP contribution in [0.5, 0.6) is 0 Å². The van der Waals surface area contributed by atoms with Crippen molar-refractivity contribution in [3.8, 4) is 0 Å². The number of thiol groups is 1. The number of aromatic amines is 1. The molecule has 356 valence electrons. The minimum absolute atomic E-state index is 0.114. The number of nitrogens with one attached hydrogen (secondary N) is 6. The summed E-state index contributed by atoms with van der Waals surface area (Å²) in [5.74, 6) is -4.68. The minimum atomic E-state index is -1.60. The van der Waals surface area contributed by atoms with E-state index in [4.69, 9.17) is 16.2 Å².